The Balaban J connectivity index is 1.32. The molecule has 0 amide bonds. The van der Waals surface area contributed by atoms with E-state index in [1.165, 1.54) is 6.26 Å². The number of piperidine rings is 1. The number of furan rings is 1. The second kappa shape index (κ2) is 9.02. The smallest absolute Gasteiger partial charge is 0.416 e. The van der Waals surface area contributed by atoms with Gasteiger partial charge in [-0.2, -0.15) is 17.5 Å². The molecular formula is C21H19F3N2O6S. The van der Waals surface area contributed by atoms with Crippen molar-refractivity contribution in [2.75, 3.05) is 13.1 Å². The number of hydrogen-bond acceptors (Lipinski definition) is 7. The van der Waals surface area contributed by atoms with Gasteiger partial charge in [0.05, 0.1) is 22.6 Å². The number of benzene rings is 1. The van der Waals surface area contributed by atoms with Crippen LogP contribution in [0.4, 0.5) is 13.2 Å². The fourth-order valence-electron chi connectivity index (χ4n) is 3.49. The van der Waals surface area contributed by atoms with Gasteiger partial charge in [-0.05, 0) is 43.2 Å². The van der Waals surface area contributed by atoms with Crippen molar-refractivity contribution in [1.29, 1.82) is 0 Å². The molecule has 0 spiro atoms. The number of hydrogen-bond donors (Lipinski definition) is 0. The Labute approximate surface area is 187 Å². The van der Waals surface area contributed by atoms with Crippen molar-refractivity contribution < 1.29 is 40.1 Å². The second-order valence-electron chi connectivity index (χ2n) is 7.47. The van der Waals surface area contributed by atoms with Crippen LogP contribution in [-0.2, 0) is 32.3 Å². The summed E-state index contributed by atoms with van der Waals surface area (Å²) in [6, 6.07) is 8.57. The third-order valence-corrected chi connectivity index (χ3v) is 7.17. The molecule has 3 heterocycles. The van der Waals surface area contributed by atoms with E-state index in [9.17, 15) is 26.4 Å². The van der Waals surface area contributed by atoms with Crippen LogP contribution < -0.4 is 0 Å². The third-order valence-electron chi connectivity index (χ3n) is 5.27. The number of ether oxygens (including phenoxy) is 1. The lowest BCUT2D eigenvalue weighted by atomic mass is 9.98. The first kappa shape index (κ1) is 23.1. The second-order valence-corrected chi connectivity index (χ2v) is 9.41. The zero-order valence-corrected chi connectivity index (χ0v) is 17.9. The van der Waals surface area contributed by atoms with Gasteiger partial charge in [0.1, 0.15) is 12.3 Å². The monoisotopic (exact) mass is 484 g/mol. The molecule has 33 heavy (non-hydrogen) atoms. The van der Waals surface area contributed by atoms with Crippen LogP contribution >= 0.6 is 0 Å². The number of nitrogens with zero attached hydrogens (tertiary/aromatic N) is 2. The number of carbonyl (C=O) groups excluding carboxylic acids is 1. The average molecular weight is 484 g/mol. The molecule has 0 N–H and O–H groups in total. The number of aromatic nitrogens is 1. The van der Waals surface area contributed by atoms with Crippen LogP contribution in [0.3, 0.4) is 0 Å². The van der Waals surface area contributed by atoms with E-state index < -0.39 is 38.5 Å². The maximum atomic E-state index is 12.9. The van der Waals surface area contributed by atoms with Crippen LogP contribution in [0.2, 0.25) is 0 Å². The van der Waals surface area contributed by atoms with Crippen LogP contribution in [0.25, 0.3) is 11.5 Å². The minimum Gasteiger partial charge on any atom is -0.461 e. The summed E-state index contributed by atoms with van der Waals surface area (Å²) in [5.41, 5.74) is -0.649. The summed E-state index contributed by atoms with van der Waals surface area (Å²) in [4.78, 5) is 12.0. The maximum Gasteiger partial charge on any atom is 0.416 e. The lowest BCUT2D eigenvalue weighted by molar-refractivity contribution is -0.151. The number of sulfonamides is 1. The van der Waals surface area contributed by atoms with Crippen molar-refractivity contribution in [2.45, 2.75) is 30.5 Å². The molecule has 1 aliphatic rings. The van der Waals surface area contributed by atoms with Gasteiger partial charge in [-0.3, -0.25) is 4.79 Å². The van der Waals surface area contributed by atoms with E-state index in [0.29, 0.717) is 23.3 Å². The first-order valence-corrected chi connectivity index (χ1v) is 11.4. The molecule has 1 saturated heterocycles. The Bertz CT molecular complexity index is 1210. The third kappa shape index (κ3) is 5.11. The molecule has 176 valence electrons. The summed E-state index contributed by atoms with van der Waals surface area (Å²) in [5.74, 6) is -0.170. The molecule has 0 bridgehead atoms. The Morgan fingerprint density at radius 1 is 1.12 bits per heavy atom. The number of esters is 1. The molecule has 0 unspecified atom stereocenters. The summed E-state index contributed by atoms with van der Waals surface area (Å²) < 4.78 is 81.0. The quantitative estimate of drug-likeness (QED) is 0.486. The summed E-state index contributed by atoms with van der Waals surface area (Å²) in [6.07, 6.45) is -2.79. The molecule has 0 atom stereocenters. The van der Waals surface area contributed by atoms with E-state index in [4.69, 9.17) is 13.7 Å². The van der Waals surface area contributed by atoms with Crippen LogP contribution in [-0.4, -0.2) is 36.9 Å². The van der Waals surface area contributed by atoms with Crippen molar-refractivity contribution >= 4 is 16.0 Å². The summed E-state index contributed by atoms with van der Waals surface area (Å²) in [5, 5.41) is 3.81. The molecule has 3 aromatic rings. The standard InChI is InChI=1S/C21H19F3N2O6S/c22-21(23,24)15-3-1-4-17(11-15)33(28,29)26-8-6-14(7-9-26)20(27)31-13-16-12-19(32-25-16)18-5-2-10-30-18/h1-5,10-12,14H,6-9,13H2. The minimum atomic E-state index is -4.65. The Morgan fingerprint density at radius 3 is 2.55 bits per heavy atom. The molecule has 0 radical (unpaired) electrons. The molecule has 0 aliphatic carbocycles. The number of alkyl halides is 3. The van der Waals surface area contributed by atoms with E-state index >= 15 is 0 Å². The van der Waals surface area contributed by atoms with E-state index in [0.717, 1.165) is 22.5 Å². The van der Waals surface area contributed by atoms with Crippen molar-refractivity contribution in [3.63, 3.8) is 0 Å². The molecule has 2 aromatic heterocycles. The van der Waals surface area contributed by atoms with Gasteiger partial charge in [0.25, 0.3) is 0 Å². The van der Waals surface area contributed by atoms with E-state index in [-0.39, 0.29) is 32.5 Å². The molecule has 4 rings (SSSR count). The Hall–Kier alpha value is -3.12. The van der Waals surface area contributed by atoms with Gasteiger partial charge in [0.15, 0.2) is 5.76 Å². The highest BCUT2D eigenvalue weighted by Gasteiger charge is 2.35. The van der Waals surface area contributed by atoms with Crippen molar-refractivity contribution in [2.24, 2.45) is 5.92 Å². The van der Waals surface area contributed by atoms with Crippen molar-refractivity contribution in [3.8, 4) is 11.5 Å². The zero-order valence-electron chi connectivity index (χ0n) is 17.1. The molecule has 1 aliphatic heterocycles. The fourth-order valence-corrected chi connectivity index (χ4v) is 5.01. The van der Waals surface area contributed by atoms with Gasteiger partial charge in [-0.25, -0.2) is 8.42 Å². The van der Waals surface area contributed by atoms with Gasteiger partial charge in [-0.15, -0.1) is 0 Å². The molecular weight excluding hydrogens is 465 g/mol. The number of rotatable bonds is 6. The van der Waals surface area contributed by atoms with Gasteiger partial charge in [0.2, 0.25) is 15.8 Å². The normalized spacial score (nSPS) is 16.1. The molecule has 12 heteroatoms. The first-order chi connectivity index (χ1) is 15.6. The summed E-state index contributed by atoms with van der Waals surface area (Å²) in [7, 11) is -4.12. The van der Waals surface area contributed by atoms with Gasteiger partial charge in [0, 0.05) is 19.2 Å². The maximum absolute atomic E-state index is 12.9. The van der Waals surface area contributed by atoms with E-state index in [2.05, 4.69) is 5.16 Å². The molecule has 1 fully saturated rings. The average Bonchev–Trinajstić information content (AvgIpc) is 3.49. The topological polar surface area (TPSA) is 103 Å². The molecule has 1 aromatic carbocycles. The van der Waals surface area contributed by atoms with E-state index in [1.807, 2.05) is 0 Å². The van der Waals surface area contributed by atoms with Crippen LogP contribution in [0, 0.1) is 5.92 Å². The highest BCUT2D eigenvalue weighted by atomic mass is 32.2. The first-order valence-electron chi connectivity index (χ1n) is 9.98. The summed E-state index contributed by atoms with van der Waals surface area (Å²) >= 11 is 0. The van der Waals surface area contributed by atoms with Gasteiger partial charge in [-0.1, -0.05) is 11.2 Å². The van der Waals surface area contributed by atoms with Crippen molar-refractivity contribution in [3.05, 3.63) is 60.0 Å². The predicted molar refractivity (Wildman–Crippen MR) is 107 cm³/mol. The zero-order chi connectivity index (χ0) is 23.6. The SMILES string of the molecule is O=C(OCc1cc(-c2ccco2)on1)C1CCN(S(=O)(=O)c2cccc(C(F)(F)F)c2)CC1. The van der Waals surface area contributed by atoms with E-state index in [1.54, 1.807) is 18.2 Å². The minimum absolute atomic E-state index is 0.00898. The number of halogens is 3. The van der Waals surface area contributed by atoms with Crippen LogP contribution in [0.1, 0.15) is 24.1 Å². The Kier molecular flexibility index (Phi) is 6.30. The Morgan fingerprint density at radius 2 is 1.88 bits per heavy atom. The highest BCUT2D eigenvalue weighted by molar-refractivity contribution is 7.89. The van der Waals surface area contributed by atoms with Gasteiger partial charge >= 0.3 is 12.1 Å². The predicted octanol–water partition coefficient (Wildman–Crippen LogP) is 4.10. The lowest BCUT2D eigenvalue weighted by Crippen LogP contribution is -2.40. The number of carbonyl (C=O) groups is 1. The van der Waals surface area contributed by atoms with Crippen LogP contribution in [0.15, 0.2) is 62.6 Å². The fraction of sp³-hybridized carbons (Fsp3) is 0.333. The largest absolute Gasteiger partial charge is 0.461 e. The van der Waals surface area contributed by atoms with Crippen LogP contribution in [0.5, 0.6) is 0 Å². The summed E-state index contributed by atoms with van der Waals surface area (Å²) in [6.45, 7) is -0.137. The highest BCUT2D eigenvalue weighted by Crippen LogP contribution is 2.32. The molecule has 0 saturated carbocycles. The van der Waals surface area contributed by atoms with Gasteiger partial charge < -0.3 is 13.7 Å². The lowest BCUT2D eigenvalue weighted by Gasteiger charge is -2.30. The molecule has 8 nitrogen and oxygen atoms in total. The van der Waals surface area contributed by atoms with Crippen molar-refractivity contribution in [1.82, 2.24) is 9.46 Å².